The number of hydrogen-bond acceptors (Lipinski definition) is 4. The average Bonchev–Trinajstić information content (AvgIpc) is 2.11. The van der Waals surface area contributed by atoms with Gasteiger partial charge in [0.05, 0.1) is 12.7 Å². The minimum Gasteiger partial charge on any atom is -0.465 e. The van der Waals surface area contributed by atoms with Crippen molar-refractivity contribution in [1.29, 1.82) is 0 Å². The lowest BCUT2D eigenvalue weighted by atomic mass is 9.80. The van der Waals surface area contributed by atoms with E-state index in [4.69, 9.17) is 4.74 Å². The number of carbonyl (C=O) groups excluding carboxylic acids is 1. The monoisotopic (exact) mass is 187 g/mol. The molecule has 0 aromatic carbocycles. The normalized spacial score (nSPS) is 34.2. The molecule has 1 heterocycles. The van der Waals surface area contributed by atoms with Crippen LogP contribution in [0.15, 0.2) is 0 Å². The molecule has 1 aliphatic heterocycles. The first-order valence-corrected chi connectivity index (χ1v) is 4.67. The Balaban J connectivity index is 2.65. The summed E-state index contributed by atoms with van der Waals surface area (Å²) < 4.78 is 4.92. The smallest absolute Gasteiger partial charge is 0.315 e. The van der Waals surface area contributed by atoms with E-state index in [2.05, 4.69) is 5.32 Å². The van der Waals surface area contributed by atoms with Crippen LogP contribution in [0.5, 0.6) is 0 Å². The Morgan fingerprint density at radius 2 is 2.46 bits per heavy atom. The predicted octanol–water partition coefficient (Wildman–Crippen LogP) is -0.0900. The third-order valence-electron chi connectivity index (χ3n) is 2.56. The fourth-order valence-corrected chi connectivity index (χ4v) is 1.53. The zero-order chi connectivity index (χ0) is 9.90. The van der Waals surface area contributed by atoms with E-state index in [0.29, 0.717) is 19.6 Å². The molecule has 4 heteroatoms. The van der Waals surface area contributed by atoms with Crippen molar-refractivity contribution in [2.24, 2.45) is 5.41 Å². The molecule has 0 radical (unpaired) electrons. The van der Waals surface area contributed by atoms with Crippen LogP contribution in [0.4, 0.5) is 0 Å². The van der Waals surface area contributed by atoms with Gasteiger partial charge in [0.15, 0.2) is 0 Å². The topological polar surface area (TPSA) is 58.6 Å². The molecular weight excluding hydrogens is 170 g/mol. The van der Waals surface area contributed by atoms with Crippen LogP contribution in [0.25, 0.3) is 0 Å². The first-order chi connectivity index (χ1) is 6.11. The highest BCUT2D eigenvalue weighted by Gasteiger charge is 2.43. The number of hydrogen-bond donors (Lipinski definition) is 2. The number of aliphatic hydroxyl groups excluding tert-OH is 1. The van der Waals surface area contributed by atoms with Crippen LogP contribution in [0, 0.1) is 5.41 Å². The van der Waals surface area contributed by atoms with Crippen molar-refractivity contribution in [3.05, 3.63) is 0 Å². The summed E-state index contributed by atoms with van der Waals surface area (Å²) in [5, 5.41) is 12.8. The van der Waals surface area contributed by atoms with Gasteiger partial charge < -0.3 is 15.2 Å². The van der Waals surface area contributed by atoms with Gasteiger partial charge in [-0.25, -0.2) is 0 Å². The van der Waals surface area contributed by atoms with E-state index in [0.717, 1.165) is 6.54 Å². The summed E-state index contributed by atoms with van der Waals surface area (Å²) in [6.07, 6.45) is 0.0165. The van der Waals surface area contributed by atoms with Crippen LogP contribution in [0.1, 0.15) is 20.3 Å². The van der Waals surface area contributed by atoms with Gasteiger partial charge >= 0.3 is 5.97 Å². The standard InChI is InChI=1S/C9H17NO3/c1-3-13-8(12)9(2)6-10-5-4-7(9)11/h7,10-11H,3-6H2,1-2H3. The zero-order valence-corrected chi connectivity index (χ0v) is 8.17. The molecule has 1 rings (SSSR count). The number of piperidine rings is 1. The number of aliphatic hydroxyl groups is 1. The van der Waals surface area contributed by atoms with Crippen molar-refractivity contribution < 1.29 is 14.6 Å². The molecule has 1 fully saturated rings. The van der Waals surface area contributed by atoms with E-state index in [1.807, 2.05) is 0 Å². The fourth-order valence-electron chi connectivity index (χ4n) is 1.53. The average molecular weight is 187 g/mol. The maximum absolute atomic E-state index is 11.5. The molecule has 0 aromatic heterocycles. The Labute approximate surface area is 78.3 Å². The highest BCUT2D eigenvalue weighted by atomic mass is 16.5. The first-order valence-electron chi connectivity index (χ1n) is 4.67. The Bertz CT molecular complexity index is 195. The third-order valence-corrected chi connectivity index (χ3v) is 2.56. The van der Waals surface area contributed by atoms with Gasteiger partial charge in [0.2, 0.25) is 0 Å². The van der Waals surface area contributed by atoms with Crippen LogP contribution in [-0.2, 0) is 9.53 Å². The molecule has 76 valence electrons. The van der Waals surface area contributed by atoms with Crippen LogP contribution < -0.4 is 5.32 Å². The molecule has 0 bridgehead atoms. The lowest BCUT2D eigenvalue weighted by Gasteiger charge is -2.36. The molecule has 2 atom stereocenters. The van der Waals surface area contributed by atoms with E-state index in [-0.39, 0.29) is 5.97 Å². The molecule has 13 heavy (non-hydrogen) atoms. The SMILES string of the molecule is CCOC(=O)C1(C)CNCCC1O. The van der Waals surface area contributed by atoms with Gasteiger partial charge in [-0.3, -0.25) is 4.79 Å². The molecule has 0 spiro atoms. The molecule has 0 saturated carbocycles. The zero-order valence-electron chi connectivity index (χ0n) is 8.17. The number of esters is 1. The van der Waals surface area contributed by atoms with Crippen LogP contribution in [0.2, 0.25) is 0 Å². The highest BCUT2D eigenvalue weighted by Crippen LogP contribution is 2.27. The Morgan fingerprint density at radius 3 is 3.00 bits per heavy atom. The summed E-state index contributed by atoms with van der Waals surface area (Å²) in [5.74, 6) is -0.310. The fraction of sp³-hybridized carbons (Fsp3) is 0.889. The summed E-state index contributed by atoms with van der Waals surface area (Å²) in [7, 11) is 0. The van der Waals surface area contributed by atoms with Crippen molar-refractivity contribution in [3.8, 4) is 0 Å². The maximum Gasteiger partial charge on any atom is 0.315 e. The molecule has 4 nitrogen and oxygen atoms in total. The predicted molar refractivity (Wildman–Crippen MR) is 48.2 cm³/mol. The van der Waals surface area contributed by atoms with E-state index in [1.165, 1.54) is 0 Å². The summed E-state index contributed by atoms with van der Waals surface area (Å²) >= 11 is 0. The van der Waals surface area contributed by atoms with Crippen molar-refractivity contribution >= 4 is 5.97 Å². The second kappa shape index (κ2) is 4.07. The summed E-state index contributed by atoms with van der Waals surface area (Å²) in [5.41, 5.74) is -0.770. The molecule has 1 saturated heterocycles. The second-order valence-corrected chi connectivity index (χ2v) is 3.62. The minimum atomic E-state index is -0.770. The quantitative estimate of drug-likeness (QED) is 0.593. The minimum absolute atomic E-state index is 0.310. The van der Waals surface area contributed by atoms with Gasteiger partial charge in [-0.2, -0.15) is 0 Å². The van der Waals surface area contributed by atoms with Gasteiger partial charge in [0, 0.05) is 6.54 Å². The Hall–Kier alpha value is -0.610. The summed E-state index contributed by atoms with van der Waals surface area (Å²) in [4.78, 5) is 11.5. The molecule has 0 amide bonds. The van der Waals surface area contributed by atoms with E-state index in [9.17, 15) is 9.90 Å². The lowest BCUT2D eigenvalue weighted by Crippen LogP contribution is -2.53. The second-order valence-electron chi connectivity index (χ2n) is 3.62. The number of ether oxygens (including phenoxy) is 1. The van der Waals surface area contributed by atoms with Crippen LogP contribution in [-0.4, -0.2) is 36.9 Å². The van der Waals surface area contributed by atoms with Crippen molar-refractivity contribution in [3.63, 3.8) is 0 Å². The summed E-state index contributed by atoms with van der Waals surface area (Å²) in [6.45, 7) is 5.12. The molecule has 0 aromatic rings. The molecule has 2 N–H and O–H groups in total. The maximum atomic E-state index is 11.5. The van der Waals surface area contributed by atoms with E-state index < -0.39 is 11.5 Å². The van der Waals surface area contributed by atoms with Gasteiger partial charge in [-0.05, 0) is 26.8 Å². The van der Waals surface area contributed by atoms with Gasteiger partial charge in [-0.1, -0.05) is 0 Å². The van der Waals surface area contributed by atoms with E-state index in [1.54, 1.807) is 13.8 Å². The van der Waals surface area contributed by atoms with Gasteiger partial charge in [0.1, 0.15) is 5.41 Å². The number of rotatable bonds is 2. The molecule has 0 aliphatic carbocycles. The van der Waals surface area contributed by atoms with Crippen LogP contribution >= 0.6 is 0 Å². The Morgan fingerprint density at radius 1 is 1.77 bits per heavy atom. The van der Waals surface area contributed by atoms with Crippen LogP contribution in [0.3, 0.4) is 0 Å². The number of carbonyl (C=O) groups is 1. The number of nitrogens with one attached hydrogen (secondary N) is 1. The molecule has 1 aliphatic rings. The first kappa shape index (κ1) is 10.5. The Kier molecular flexibility index (Phi) is 3.27. The largest absolute Gasteiger partial charge is 0.465 e. The van der Waals surface area contributed by atoms with Gasteiger partial charge in [-0.15, -0.1) is 0 Å². The molecule has 2 unspecified atom stereocenters. The molecular formula is C9H17NO3. The van der Waals surface area contributed by atoms with Crippen molar-refractivity contribution in [2.45, 2.75) is 26.4 Å². The van der Waals surface area contributed by atoms with E-state index >= 15 is 0 Å². The van der Waals surface area contributed by atoms with Gasteiger partial charge in [0.25, 0.3) is 0 Å². The van der Waals surface area contributed by atoms with Crippen molar-refractivity contribution in [1.82, 2.24) is 5.32 Å². The third kappa shape index (κ3) is 2.00. The highest BCUT2D eigenvalue weighted by molar-refractivity contribution is 5.77. The lowest BCUT2D eigenvalue weighted by molar-refractivity contribution is -0.163. The van der Waals surface area contributed by atoms with Crippen molar-refractivity contribution in [2.75, 3.05) is 19.7 Å². The summed E-state index contributed by atoms with van der Waals surface area (Å²) in [6, 6.07) is 0.